The van der Waals surface area contributed by atoms with Gasteiger partial charge in [-0.25, -0.2) is 12.8 Å². The summed E-state index contributed by atoms with van der Waals surface area (Å²) in [4.78, 5) is 18.8. The first-order valence-corrected chi connectivity index (χ1v) is 13.3. The minimum absolute atomic E-state index is 0.0246. The molecule has 2 fully saturated rings. The number of halogens is 1. The smallest absolute Gasteiger partial charge is 0.252 e. The first kappa shape index (κ1) is 22.8. The molecule has 0 aromatic heterocycles. The topological polar surface area (TPSA) is 76.0 Å². The number of rotatable bonds is 7. The van der Waals surface area contributed by atoms with Gasteiger partial charge in [-0.05, 0) is 36.2 Å². The fourth-order valence-electron chi connectivity index (χ4n) is 3.85. The number of nitrogens with zero attached hydrogens (tertiary/aromatic N) is 2. The monoisotopic (exact) mass is 476 g/mol. The molecule has 1 amide bonds. The predicted molar refractivity (Wildman–Crippen MR) is 126 cm³/mol. The van der Waals surface area contributed by atoms with Gasteiger partial charge in [-0.1, -0.05) is 43.3 Å². The van der Waals surface area contributed by atoms with Crippen LogP contribution in [0, 0.1) is 5.82 Å². The van der Waals surface area contributed by atoms with E-state index in [-0.39, 0.29) is 40.9 Å². The minimum Gasteiger partial charge on any atom is -0.494 e. The van der Waals surface area contributed by atoms with Gasteiger partial charge in [0, 0.05) is 17.0 Å². The molecule has 2 saturated heterocycles. The van der Waals surface area contributed by atoms with Crippen LogP contribution in [0.2, 0.25) is 0 Å². The van der Waals surface area contributed by atoms with Gasteiger partial charge in [0.25, 0.3) is 5.91 Å². The van der Waals surface area contributed by atoms with Crippen molar-refractivity contribution < 1.29 is 22.3 Å². The van der Waals surface area contributed by atoms with Crippen LogP contribution in [0.25, 0.3) is 0 Å². The van der Waals surface area contributed by atoms with E-state index in [2.05, 4.69) is 11.9 Å². The molecule has 2 aromatic rings. The molecule has 2 aliphatic rings. The maximum Gasteiger partial charge on any atom is 0.252 e. The van der Waals surface area contributed by atoms with Gasteiger partial charge in [0.05, 0.1) is 30.6 Å². The van der Waals surface area contributed by atoms with Gasteiger partial charge in [0.1, 0.15) is 11.6 Å². The third kappa shape index (κ3) is 5.32. The van der Waals surface area contributed by atoms with E-state index in [1.54, 1.807) is 12.1 Å². The summed E-state index contributed by atoms with van der Waals surface area (Å²) in [6.07, 6.45) is 2.01. The van der Waals surface area contributed by atoms with E-state index in [1.165, 1.54) is 23.9 Å². The van der Waals surface area contributed by atoms with Crippen molar-refractivity contribution in [3.63, 3.8) is 0 Å². The molecule has 0 saturated carbocycles. The van der Waals surface area contributed by atoms with Gasteiger partial charge in [0.2, 0.25) is 0 Å². The molecule has 0 radical (unpaired) electrons. The molecule has 2 aromatic carbocycles. The van der Waals surface area contributed by atoms with E-state index < -0.39 is 9.84 Å². The van der Waals surface area contributed by atoms with Crippen molar-refractivity contribution in [2.75, 3.05) is 23.0 Å². The summed E-state index contributed by atoms with van der Waals surface area (Å²) in [5.74, 6) is 0.0672. The standard InChI is InChI=1S/C23H25FN2O4S2/c1-2-3-11-30-19-6-4-5-18(13-19)26-20-14-32(28,29)15-21(20)31-23(26)25-22(27)12-16-7-9-17(24)10-8-16/h4-10,13,20-21H,2-3,11-12,14-15H2,1H3/t20-,21+/m0/s1. The Morgan fingerprint density at radius 3 is 2.75 bits per heavy atom. The Bertz CT molecular complexity index is 1120. The maximum absolute atomic E-state index is 13.1. The Balaban J connectivity index is 1.60. The highest BCUT2D eigenvalue weighted by Gasteiger charge is 2.49. The molecule has 32 heavy (non-hydrogen) atoms. The second-order valence-corrected chi connectivity index (χ2v) is 11.3. The van der Waals surface area contributed by atoms with Crippen molar-refractivity contribution >= 4 is 38.4 Å². The normalized spacial score (nSPS) is 22.8. The molecular formula is C23H25FN2O4S2. The number of unbranched alkanes of at least 4 members (excludes halogenated alkanes) is 1. The summed E-state index contributed by atoms with van der Waals surface area (Å²) in [6.45, 7) is 2.69. The van der Waals surface area contributed by atoms with E-state index in [0.717, 1.165) is 18.5 Å². The lowest BCUT2D eigenvalue weighted by atomic mass is 10.1. The lowest BCUT2D eigenvalue weighted by molar-refractivity contribution is -0.117. The van der Waals surface area contributed by atoms with Crippen molar-refractivity contribution in [2.45, 2.75) is 37.5 Å². The number of aliphatic imine (C=N–C) groups is 1. The molecule has 0 aliphatic carbocycles. The number of ether oxygens (including phenoxy) is 1. The average Bonchev–Trinajstić information content (AvgIpc) is 3.20. The minimum atomic E-state index is -3.15. The zero-order valence-corrected chi connectivity index (χ0v) is 19.4. The van der Waals surface area contributed by atoms with Gasteiger partial charge in [-0.15, -0.1) is 0 Å². The first-order valence-electron chi connectivity index (χ1n) is 10.6. The molecule has 0 bridgehead atoms. The Morgan fingerprint density at radius 1 is 1.22 bits per heavy atom. The van der Waals surface area contributed by atoms with E-state index in [4.69, 9.17) is 4.74 Å². The largest absolute Gasteiger partial charge is 0.494 e. The van der Waals surface area contributed by atoms with E-state index in [9.17, 15) is 17.6 Å². The molecule has 170 valence electrons. The molecule has 0 unspecified atom stereocenters. The third-order valence-electron chi connectivity index (χ3n) is 5.42. The number of amidine groups is 1. The molecule has 2 heterocycles. The van der Waals surface area contributed by atoms with Crippen LogP contribution in [-0.4, -0.2) is 48.9 Å². The van der Waals surface area contributed by atoms with E-state index in [0.29, 0.717) is 23.1 Å². The Morgan fingerprint density at radius 2 is 2.00 bits per heavy atom. The summed E-state index contributed by atoms with van der Waals surface area (Å²) in [5.41, 5.74) is 1.42. The van der Waals surface area contributed by atoms with E-state index >= 15 is 0 Å². The highest BCUT2D eigenvalue weighted by molar-refractivity contribution is 8.16. The van der Waals surface area contributed by atoms with Gasteiger partial charge >= 0.3 is 0 Å². The Kier molecular flexibility index (Phi) is 6.85. The number of hydrogen-bond acceptors (Lipinski definition) is 5. The summed E-state index contributed by atoms with van der Waals surface area (Å²) < 4.78 is 43.5. The number of hydrogen-bond donors (Lipinski definition) is 0. The molecule has 6 nitrogen and oxygen atoms in total. The van der Waals surface area contributed by atoms with Crippen LogP contribution in [0.5, 0.6) is 5.75 Å². The second-order valence-electron chi connectivity index (χ2n) is 7.96. The number of sulfone groups is 1. The Hall–Kier alpha value is -2.39. The number of amides is 1. The van der Waals surface area contributed by atoms with Gasteiger partial charge in [0.15, 0.2) is 15.0 Å². The highest BCUT2D eigenvalue weighted by atomic mass is 32.2. The number of benzene rings is 2. The first-order chi connectivity index (χ1) is 15.3. The Labute approximate surface area is 191 Å². The number of thioether (sulfide) groups is 1. The second kappa shape index (κ2) is 9.62. The van der Waals surface area contributed by atoms with Crippen LogP contribution in [0.4, 0.5) is 10.1 Å². The molecule has 9 heteroatoms. The van der Waals surface area contributed by atoms with Crippen molar-refractivity contribution in [1.82, 2.24) is 0 Å². The summed E-state index contributed by atoms with van der Waals surface area (Å²) in [6, 6.07) is 12.9. The number of carbonyl (C=O) groups excluding carboxylic acids is 1. The highest BCUT2D eigenvalue weighted by Crippen LogP contribution is 2.41. The van der Waals surface area contributed by atoms with Gasteiger partial charge in [-0.2, -0.15) is 4.99 Å². The molecule has 2 atom stereocenters. The number of fused-ring (bicyclic) bond motifs is 1. The SMILES string of the molecule is CCCCOc1cccc(N2C(=NC(=O)Cc3ccc(F)cc3)S[C@@H]3CS(=O)(=O)C[C@@H]32)c1. The summed E-state index contributed by atoms with van der Waals surface area (Å²) in [5, 5.41) is 0.315. The van der Waals surface area contributed by atoms with Gasteiger partial charge < -0.3 is 9.64 Å². The van der Waals surface area contributed by atoms with Crippen molar-refractivity contribution in [3.8, 4) is 5.75 Å². The lowest BCUT2D eigenvalue weighted by Gasteiger charge is -2.25. The van der Waals surface area contributed by atoms with Crippen LogP contribution in [-0.2, 0) is 21.1 Å². The third-order valence-corrected chi connectivity index (χ3v) is 8.63. The average molecular weight is 477 g/mol. The predicted octanol–water partition coefficient (Wildman–Crippen LogP) is 3.85. The molecule has 0 spiro atoms. The number of anilines is 1. The molecule has 2 aliphatic heterocycles. The van der Waals surface area contributed by atoms with E-state index in [1.807, 2.05) is 29.2 Å². The van der Waals surface area contributed by atoms with Crippen LogP contribution in [0.3, 0.4) is 0 Å². The molecular weight excluding hydrogens is 451 g/mol. The van der Waals surface area contributed by atoms with Crippen LogP contribution >= 0.6 is 11.8 Å². The lowest BCUT2D eigenvalue weighted by Crippen LogP contribution is -2.37. The fraction of sp³-hybridized carbons (Fsp3) is 0.391. The van der Waals surface area contributed by atoms with Crippen LogP contribution in [0.15, 0.2) is 53.5 Å². The maximum atomic E-state index is 13.1. The van der Waals surface area contributed by atoms with Crippen LogP contribution < -0.4 is 9.64 Å². The van der Waals surface area contributed by atoms with Crippen molar-refractivity contribution in [1.29, 1.82) is 0 Å². The number of carbonyl (C=O) groups is 1. The molecule has 4 rings (SSSR count). The fourth-order valence-corrected chi connectivity index (χ4v) is 7.78. The van der Waals surface area contributed by atoms with Crippen LogP contribution in [0.1, 0.15) is 25.3 Å². The quantitative estimate of drug-likeness (QED) is 0.565. The van der Waals surface area contributed by atoms with Crippen molar-refractivity contribution in [3.05, 3.63) is 59.9 Å². The zero-order valence-electron chi connectivity index (χ0n) is 17.7. The zero-order chi connectivity index (χ0) is 22.7. The van der Waals surface area contributed by atoms with Gasteiger partial charge in [-0.3, -0.25) is 4.79 Å². The summed E-state index contributed by atoms with van der Waals surface area (Å²) in [7, 11) is -3.15. The molecule has 0 N–H and O–H groups in total. The van der Waals surface area contributed by atoms with Crippen molar-refractivity contribution in [2.24, 2.45) is 4.99 Å². The summed E-state index contributed by atoms with van der Waals surface area (Å²) >= 11 is 1.33.